The highest BCUT2D eigenvalue weighted by atomic mass is 35.5. The third-order valence-electron chi connectivity index (χ3n) is 6.64. The zero-order valence-electron chi connectivity index (χ0n) is 21.2. The Balaban J connectivity index is 1.64. The Kier molecular flexibility index (Phi) is 8.77. The predicted molar refractivity (Wildman–Crippen MR) is 148 cm³/mol. The minimum absolute atomic E-state index is 0.0396. The van der Waals surface area contributed by atoms with Crippen LogP contribution in [-0.4, -0.2) is 27.5 Å². The molecule has 0 fully saturated rings. The van der Waals surface area contributed by atoms with Crippen LogP contribution >= 0.6 is 11.6 Å². The van der Waals surface area contributed by atoms with Crippen molar-refractivity contribution in [1.29, 1.82) is 0 Å². The van der Waals surface area contributed by atoms with Crippen molar-refractivity contribution in [2.75, 3.05) is 17.5 Å². The third kappa shape index (κ3) is 6.28. The first-order chi connectivity index (χ1) is 17.8. The number of benzene rings is 3. The number of hydrogen-bond acceptors (Lipinski definition) is 4. The molecular formula is C29H33ClN2O4S. The number of para-hydroxylation sites is 2. The Bertz CT molecular complexity index is 1340. The summed E-state index contributed by atoms with van der Waals surface area (Å²) in [6.45, 7) is 3.80. The van der Waals surface area contributed by atoms with Crippen LogP contribution in [0.15, 0.2) is 71.6 Å². The van der Waals surface area contributed by atoms with Crippen LogP contribution in [0, 0.1) is 0 Å². The number of ether oxygens (including phenoxy) is 1. The second-order valence-electron chi connectivity index (χ2n) is 9.13. The lowest BCUT2D eigenvalue weighted by atomic mass is 9.89. The molecule has 0 heterocycles. The smallest absolute Gasteiger partial charge is 0.264 e. The monoisotopic (exact) mass is 540 g/mol. The summed E-state index contributed by atoms with van der Waals surface area (Å²) in [5.41, 5.74) is 4.06. The molecule has 0 aliphatic heterocycles. The van der Waals surface area contributed by atoms with Gasteiger partial charge in [-0.3, -0.25) is 9.10 Å². The lowest BCUT2D eigenvalue weighted by Gasteiger charge is -2.27. The standard InChI is InChI=1S/C29H33ClN2O4S/c1-3-26(23-14-13-21-9-5-6-10-22(21)19-23)31-29(33)20-32(27-11-7-8-12-28(27)36-4-2)37(34,35)25-17-15-24(30)16-18-25/h7-8,11-19,26H,3-6,9-10,20H2,1-2H3,(H,31,33)/t26-/m1/s1. The van der Waals surface area contributed by atoms with Crippen LogP contribution in [0.2, 0.25) is 5.02 Å². The van der Waals surface area contributed by atoms with E-state index < -0.39 is 22.5 Å². The minimum Gasteiger partial charge on any atom is -0.492 e. The SMILES string of the molecule is CCOc1ccccc1N(CC(=O)N[C@H](CC)c1ccc2c(c1)CCCC2)S(=O)(=O)c1ccc(Cl)cc1. The zero-order valence-corrected chi connectivity index (χ0v) is 22.8. The molecule has 3 aromatic rings. The van der Waals surface area contributed by atoms with Crippen molar-refractivity contribution >= 4 is 33.2 Å². The Morgan fingerprint density at radius 1 is 1.00 bits per heavy atom. The number of nitrogens with one attached hydrogen (secondary N) is 1. The number of anilines is 1. The van der Waals surface area contributed by atoms with Crippen LogP contribution < -0.4 is 14.4 Å². The molecule has 6 nitrogen and oxygen atoms in total. The summed E-state index contributed by atoms with van der Waals surface area (Å²) in [4.78, 5) is 13.4. The van der Waals surface area contributed by atoms with Gasteiger partial charge in [0.05, 0.1) is 23.2 Å². The highest BCUT2D eigenvalue weighted by molar-refractivity contribution is 7.92. The van der Waals surface area contributed by atoms with Crippen LogP contribution in [0.3, 0.4) is 0 Å². The second-order valence-corrected chi connectivity index (χ2v) is 11.4. The topological polar surface area (TPSA) is 75.7 Å². The van der Waals surface area contributed by atoms with E-state index >= 15 is 0 Å². The Morgan fingerprint density at radius 2 is 1.70 bits per heavy atom. The molecule has 0 saturated carbocycles. The van der Waals surface area contributed by atoms with E-state index in [1.54, 1.807) is 24.3 Å². The van der Waals surface area contributed by atoms with Gasteiger partial charge < -0.3 is 10.1 Å². The maximum absolute atomic E-state index is 13.8. The fourth-order valence-corrected chi connectivity index (χ4v) is 6.29. The average molecular weight is 541 g/mol. The Hall–Kier alpha value is -3.03. The molecule has 4 rings (SSSR count). The van der Waals surface area contributed by atoms with Crippen molar-refractivity contribution in [1.82, 2.24) is 5.32 Å². The number of carbonyl (C=O) groups excluding carboxylic acids is 1. The van der Waals surface area contributed by atoms with Crippen LogP contribution in [0.4, 0.5) is 5.69 Å². The second kappa shape index (κ2) is 12.0. The van der Waals surface area contributed by atoms with Gasteiger partial charge in [-0.2, -0.15) is 0 Å². The molecule has 0 spiro atoms. The molecule has 1 aliphatic rings. The lowest BCUT2D eigenvalue weighted by Crippen LogP contribution is -2.42. The molecule has 0 bridgehead atoms. The summed E-state index contributed by atoms with van der Waals surface area (Å²) in [6, 6.07) is 19.0. The maximum atomic E-state index is 13.8. The molecule has 37 heavy (non-hydrogen) atoms. The van der Waals surface area contributed by atoms with Crippen molar-refractivity contribution in [2.24, 2.45) is 0 Å². The van der Waals surface area contributed by atoms with E-state index in [1.165, 1.54) is 48.2 Å². The van der Waals surface area contributed by atoms with Gasteiger partial charge in [-0.1, -0.05) is 48.9 Å². The molecule has 1 amide bonds. The highest BCUT2D eigenvalue weighted by Gasteiger charge is 2.30. The van der Waals surface area contributed by atoms with Crippen LogP contribution in [0.1, 0.15) is 55.8 Å². The number of halogens is 1. The number of aryl methyl sites for hydroxylation is 2. The average Bonchev–Trinajstić information content (AvgIpc) is 2.91. The highest BCUT2D eigenvalue weighted by Crippen LogP contribution is 2.33. The summed E-state index contributed by atoms with van der Waals surface area (Å²) in [5, 5.41) is 3.49. The molecule has 1 N–H and O–H groups in total. The molecule has 0 aromatic heterocycles. The summed E-state index contributed by atoms with van der Waals surface area (Å²) >= 11 is 5.99. The van der Waals surface area contributed by atoms with Gasteiger partial charge in [0.1, 0.15) is 12.3 Å². The van der Waals surface area contributed by atoms with E-state index in [4.69, 9.17) is 16.3 Å². The molecular weight excluding hydrogens is 508 g/mol. The first kappa shape index (κ1) is 27.0. The van der Waals surface area contributed by atoms with Gasteiger partial charge in [0, 0.05) is 5.02 Å². The number of nitrogens with zero attached hydrogens (tertiary/aromatic N) is 1. The molecule has 0 radical (unpaired) electrons. The van der Waals surface area contributed by atoms with Gasteiger partial charge >= 0.3 is 0 Å². The van der Waals surface area contributed by atoms with E-state index in [1.807, 2.05) is 13.8 Å². The maximum Gasteiger partial charge on any atom is 0.264 e. The molecule has 1 aliphatic carbocycles. The van der Waals surface area contributed by atoms with E-state index in [-0.39, 0.29) is 10.9 Å². The number of hydrogen-bond donors (Lipinski definition) is 1. The van der Waals surface area contributed by atoms with E-state index in [9.17, 15) is 13.2 Å². The zero-order chi connectivity index (χ0) is 26.4. The van der Waals surface area contributed by atoms with Gasteiger partial charge in [-0.25, -0.2) is 8.42 Å². The van der Waals surface area contributed by atoms with E-state index in [0.29, 0.717) is 29.5 Å². The van der Waals surface area contributed by atoms with E-state index in [2.05, 4.69) is 23.5 Å². The Morgan fingerprint density at radius 3 is 2.41 bits per heavy atom. The molecule has 0 saturated heterocycles. The fraction of sp³-hybridized carbons (Fsp3) is 0.345. The van der Waals surface area contributed by atoms with Crippen LogP contribution in [0.25, 0.3) is 0 Å². The van der Waals surface area contributed by atoms with Gasteiger partial charge in [0.2, 0.25) is 5.91 Å². The first-order valence-corrected chi connectivity index (χ1v) is 14.6. The molecule has 196 valence electrons. The fourth-order valence-electron chi connectivity index (χ4n) is 4.74. The van der Waals surface area contributed by atoms with Gasteiger partial charge in [-0.05, 0) is 92.1 Å². The molecule has 8 heteroatoms. The lowest BCUT2D eigenvalue weighted by molar-refractivity contribution is -0.120. The van der Waals surface area contributed by atoms with Crippen molar-refractivity contribution in [2.45, 2.75) is 56.9 Å². The summed E-state index contributed by atoms with van der Waals surface area (Å²) in [5.74, 6) is -0.00882. The predicted octanol–water partition coefficient (Wildman–Crippen LogP) is 6.08. The van der Waals surface area contributed by atoms with Gasteiger partial charge in [0.15, 0.2) is 0 Å². The van der Waals surface area contributed by atoms with Crippen molar-refractivity contribution in [3.05, 3.63) is 88.4 Å². The molecule has 0 unspecified atom stereocenters. The number of fused-ring (bicyclic) bond motifs is 1. The normalized spacial score (nSPS) is 13.9. The van der Waals surface area contributed by atoms with Crippen molar-refractivity contribution in [3.63, 3.8) is 0 Å². The molecule has 1 atom stereocenters. The summed E-state index contributed by atoms with van der Waals surface area (Å²) in [6.07, 6.45) is 5.21. The largest absolute Gasteiger partial charge is 0.492 e. The van der Waals surface area contributed by atoms with Crippen LogP contribution in [-0.2, 0) is 27.7 Å². The Labute approximate surface area is 224 Å². The van der Waals surface area contributed by atoms with Gasteiger partial charge in [0.25, 0.3) is 10.0 Å². The van der Waals surface area contributed by atoms with Crippen molar-refractivity contribution in [3.8, 4) is 5.75 Å². The van der Waals surface area contributed by atoms with E-state index in [0.717, 1.165) is 22.7 Å². The number of amides is 1. The number of carbonyl (C=O) groups is 1. The molecule has 3 aromatic carbocycles. The minimum atomic E-state index is -4.09. The van der Waals surface area contributed by atoms with Crippen LogP contribution in [0.5, 0.6) is 5.75 Å². The number of rotatable bonds is 10. The summed E-state index contributed by atoms with van der Waals surface area (Å²) < 4.78 is 34.4. The summed E-state index contributed by atoms with van der Waals surface area (Å²) in [7, 11) is -4.09. The number of sulfonamides is 1. The quantitative estimate of drug-likeness (QED) is 0.338. The van der Waals surface area contributed by atoms with Gasteiger partial charge in [-0.15, -0.1) is 0 Å². The van der Waals surface area contributed by atoms with Crippen molar-refractivity contribution < 1.29 is 17.9 Å². The third-order valence-corrected chi connectivity index (χ3v) is 8.67. The first-order valence-electron chi connectivity index (χ1n) is 12.7.